The van der Waals surface area contributed by atoms with Crippen LogP contribution in [0.2, 0.25) is 5.02 Å². The van der Waals surface area contributed by atoms with Gasteiger partial charge in [0.1, 0.15) is 0 Å². The lowest BCUT2D eigenvalue weighted by atomic mass is 10.2. The van der Waals surface area contributed by atoms with Gasteiger partial charge in [0.2, 0.25) is 10.0 Å². The van der Waals surface area contributed by atoms with Crippen molar-refractivity contribution in [1.29, 1.82) is 0 Å². The topological polar surface area (TPSA) is 37.4 Å². The molecule has 1 heterocycles. The van der Waals surface area contributed by atoms with Crippen molar-refractivity contribution in [3.63, 3.8) is 0 Å². The molecule has 2 rings (SSSR count). The van der Waals surface area contributed by atoms with Crippen molar-refractivity contribution in [1.82, 2.24) is 0 Å². The second-order valence-electron chi connectivity index (χ2n) is 3.98. The van der Waals surface area contributed by atoms with Gasteiger partial charge in [0.25, 0.3) is 0 Å². The third-order valence-electron chi connectivity index (χ3n) is 2.86. The highest BCUT2D eigenvalue weighted by Crippen LogP contribution is 2.30. The van der Waals surface area contributed by atoms with Gasteiger partial charge < -0.3 is 0 Å². The van der Waals surface area contributed by atoms with E-state index < -0.39 is 10.0 Å². The highest BCUT2D eigenvalue weighted by Gasteiger charge is 2.27. The predicted molar refractivity (Wildman–Crippen MR) is 66.6 cm³/mol. The summed E-state index contributed by atoms with van der Waals surface area (Å²) < 4.78 is 25.3. The molecule has 1 aromatic rings. The fourth-order valence-corrected chi connectivity index (χ4v) is 3.79. The zero-order valence-electron chi connectivity index (χ0n) is 9.11. The van der Waals surface area contributed by atoms with Gasteiger partial charge in [0, 0.05) is 11.6 Å². The molecular weight excluding hydrogens is 246 g/mol. The van der Waals surface area contributed by atoms with Crippen LogP contribution in [0.15, 0.2) is 18.2 Å². The minimum atomic E-state index is -3.14. The monoisotopic (exact) mass is 259 g/mol. The van der Waals surface area contributed by atoms with E-state index in [9.17, 15) is 8.42 Å². The Morgan fingerprint density at radius 3 is 2.75 bits per heavy atom. The molecule has 0 radical (unpaired) electrons. The molecule has 1 aromatic carbocycles. The SMILES string of the molecule is Cc1c(Cl)cccc1N1CCCCS1(=O)=O. The highest BCUT2D eigenvalue weighted by molar-refractivity contribution is 7.92. The third-order valence-corrected chi connectivity index (χ3v) is 5.12. The molecule has 0 aromatic heterocycles. The number of sulfonamides is 1. The average Bonchev–Trinajstić information content (AvgIpc) is 2.22. The molecule has 1 aliphatic rings. The van der Waals surface area contributed by atoms with Crippen LogP contribution in [0, 0.1) is 6.92 Å². The molecule has 1 saturated heterocycles. The molecule has 0 spiro atoms. The van der Waals surface area contributed by atoms with Crippen LogP contribution < -0.4 is 4.31 Å². The summed E-state index contributed by atoms with van der Waals surface area (Å²) in [7, 11) is -3.14. The second-order valence-corrected chi connectivity index (χ2v) is 6.40. The molecule has 0 atom stereocenters. The van der Waals surface area contributed by atoms with Crippen molar-refractivity contribution in [2.75, 3.05) is 16.6 Å². The fourth-order valence-electron chi connectivity index (χ4n) is 1.93. The summed E-state index contributed by atoms with van der Waals surface area (Å²) in [6.45, 7) is 2.41. The summed E-state index contributed by atoms with van der Waals surface area (Å²) in [5.74, 6) is 0.235. The summed E-state index contributed by atoms with van der Waals surface area (Å²) in [6.07, 6.45) is 1.66. The number of anilines is 1. The first kappa shape index (κ1) is 11.7. The Hall–Kier alpha value is -0.740. The predicted octanol–water partition coefficient (Wildman–Crippen LogP) is 2.58. The molecule has 5 heteroatoms. The molecule has 1 aliphatic heterocycles. The van der Waals surface area contributed by atoms with Crippen molar-refractivity contribution < 1.29 is 8.42 Å². The van der Waals surface area contributed by atoms with Gasteiger partial charge in [-0.05, 0) is 37.5 Å². The number of halogens is 1. The Labute approximate surface area is 101 Å². The van der Waals surface area contributed by atoms with E-state index in [1.807, 2.05) is 13.0 Å². The first-order chi connectivity index (χ1) is 7.52. The van der Waals surface area contributed by atoms with Crippen molar-refractivity contribution in [3.05, 3.63) is 28.8 Å². The van der Waals surface area contributed by atoms with Gasteiger partial charge in [-0.1, -0.05) is 17.7 Å². The number of hydrogen-bond donors (Lipinski definition) is 0. The maximum absolute atomic E-state index is 11.9. The van der Waals surface area contributed by atoms with Gasteiger partial charge in [-0.25, -0.2) is 8.42 Å². The van der Waals surface area contributed by atoms with Gasteiger partial charge in [0.15, 0.2) is 0 Å². The van der Waals surface area contributed by atoms with Crippen LogP contribution in [-0.2, 0) is 10.0 Å². The molecule has 0 amide bonds. The molecule has 16 heavy (non-hydrogen) atoms. The van der Waals surface area contributed by atoms with E-state index >= 15 is 0 Å². The van der Waals surface area contributed by atoms with Crippen LogP contribution >= 0.6 is 11.6 Å². The molecule has 3 nitrogen and oxygen atoms in total. The van der Waals surface area contributed by atoms with Gasteiger partial charge >= 0.3 is 0 Å². The van der Waals surface area contributed by atoms with E-state index in [4.69, 9.17) is 11.6 Å². The summed E-state index contributed by atoms with van der Waals surface area (Å²) in [6, 6.07) is 5.37. The van der Waals surface area contributed by atoms with E-state index in [2.05, 4.69) is 0 Å². The maximum Gasteiger partial charge on any atom is 0.235 e. The summed E-state index contributed by atoms with van der Waals surface area (Å²) in [5, 5.41) is 0.610. The number of hydrogen-bond acceptors (Lipinski definition) is 2. The summed E-state index contributed by atoms with van der Waals surface area (Å²) >= 11 is 6.00. The molecule has 0 unspecified atom stereocenters. The maximum atomic E-state index is 11.9. The van der Waals surface area contributed by atoms with Gasteiger partial charge in [0.05, 0.1) is 11.4 Å². The number of nitrogens with zero attached hydrogens (tertiary/aromatic N) is 1. The molecule has 1 fully saturated rings. The van der Waals surface area contributed by atoms with E-state index in [0.717, 1.165) is 18.4 Å². The Balaban J connectivity index is 2.47. The molecule has 88 valence electrons. The lowest BCUT2D eigenvalue weighted by Gasteiger charge is -2.29. The zero-order chi connectivity index (χ0) is 11.8. The normalized spacial score (nSPS) is 19.8. The van der Waals surface area contributed by atoms with Crippen molar-refractivity contribution in [2.45, 2.75) is 19.8 Å². The number of rotatable bonds is 1. The van der Waals surface area contributed by atoms with E-state index in [0.29, 0.717) is 17.3 Å². The summed E-state index contributed by atoms with van der Waals surface area (Å²) in [5.41, 5.74) is 1.54. The second kappa shape index (κ2) is 4.26. The lowest BCUT2D eigenvalue weighted by molar-refractivity contribution is 0.574. The molecule has 0 aliphatic carbocycles. The van der Waals surface area contributed by atoms with Crippen LogP contribution in [0.4, 0.5) is 5.69 Å². The average molecular weight is 260 g/mol. The van der Waals surface area contributed by atoms with Crippen molar-refractivity contribution in [3.8, 4) is 0 Å². The van der Waals surface area contributed by atoms with Crippen LogP contribution in [0.5, 0.6) is 0 Å². The highest BCUT2D eigenvalue weighted by atomic mass is 35.5. The number of benzene rings is 1. The zero-order valence-corrected chi connectivity index (χ0v) is 10.7. The van der Waals surface area contributed by atoms with E-state index in [1.54, 1.807) is 12.1 Å². The third kappa shape index (κ3) is 2.04. The Morgan fingerprint density at radius 2 is 2.06 bits per heavy atom. The van der Waals surface area contributed by atoms with Crippen LogP contribution in [0.3, 0.4) is 0 Å². The fraction of sp³-hybridized carbons (Fsp3) is 0.455. The van der Waals surface area contributed by atoms with Gasteiger partial charge in [-0.2, -0.15) is 0 Å². The summed E-state index contributed by atoms with van der Waals surface area (Å²) in [4.78, 5) is 0. The lowest BCUT2D eigenvalue weighted by Crippen LogP contribution is -2.38. The standard InChI is InChI=1S/C11H14ClNO2S/c1-9-10(12)5-4-6-11(9)13-7-2-3-8-16(13,14)15/h4-6H,2-3,7-8H2,1H3. The first-order valence-electron chi connectivity index (χ1n) is 5.28. The van der Waals surface area contributed by atoms with Gasteiger partial charge in [-0.3, -0.25) is 4.31 Å². The van der Waals surface area contributed by atoms with Gasteiger partial charge in [-0.15, -0.1) is 0 Å². The van der Waals surface area contributed by atoms with Crippen molar-refractivity contribution in [2.24, 2.45) is 0 Å². The van der Waals surface area contributed by atoms with Crippen LogP contribution in [0.1, 0.15) is 18.4 Å². The minimum absolute atomic E-state index is 0.235. The Morgan fingerprint density at radius 1 is 1.31 bits per heavy atom. The van der Waals surface area contributed by atoms with Crippen molar-refractivity contribution >= 4 is 27.3 Å². The quantitative estimate of drug-likeness (QED) is 0.777. The largest absolute Gasteiger partial charge is 0.270 e. The van der Waals surface area contributed by atoms with E-state index in [1.165, 1.54) is 4.31 Å². The minimum Gasteiger partial charge on any atom is -0.270 e. The van der Waals surface area contributed by atoms with Crippen LogP contribution in [-0.4, -0.2) is 20.7 Å². The molecular formula is C11H14ClNO2S. The molecule has 0 saturated carbocycles. The Bertz CT molecular complexity index is 499. The first-order valence-corrected chi connectivity index (χ1v) is 7.26. The van der Waals surface area contributed by atoms with E-state index in [-0.39, 0.29) is 5.75 Å². The van der Waals surface area contributed by atoms with Crippen LogP contribution in [0.25, 0.3) is 0 Å². The Kier molecular flexibility index (Phi) is 3.13. The molecule has 0 bridgehead atoms. The smallest absolute Gasteiger partial charge is 0.235 e. The molecule has 0 N–H and O–H groups in total.